The summed E-state index contributed by atoms with van der Waals surface area (Å²) in [6.07, 6.45) is 2.40. The van der Waals surface area contributed by atoms with Crippen molar-refractivity contribution in [2.45, 2.75) is 42.8 Å². The minimum Gasteiger partial charge on any atom is -0.480 e. The summed E-state index contributed by atoms with van der Waals surface area (Å²) in [5.74, 6) is -0.0818. The highest BCUT2D eigenvalue weighted by Gasteiger charge is 2.26. The molecule has 0 bridgehead atoms. The molecule has 0 aromatic heterocycles. The fourth-order valence-electron chi connectivity index (χ4n) is 1.70. The number of unbranched alkanes of at least 4 members (excludes halogenated alkanes) is 2. The second-order valence-corrected chi connectivity index (χ2v) is 9.50. The van der Waals surface area contributed by atoms with Gasteiger partial charge < -0.3 is 5.11 Å². The number of thioether (sulfide) groups is 1. The SMILES string of the molecule is CC(C)(SCCCCCNS(=O)(=O)c1ccc(Cl)cc1)C(=O)O. The van der Waals surface area contributed by atoms with Crippen LogP contribution in [0.15, 0.2) is 29.2 Å². The number of rotatable bonds is 10. The summed E-state index contributed by atoms with van der Waals surface area (Å²) in [5.41, 5.74) is 0. The fourth-order valence-corrected chi connectivity index (χ4v) is 3.88. The fraction of sp³-hybridized carbons (Fsp3) is 0.533. The van der Waals surface area contributed by atoms with E-state index in [0.717, 1.165) is 18.6 Å². The smallest absolute Gasteiger partial charge is 0.319 e. The molecule has 8 heteroatoms. The molecule has 0 fully saturated rings. The summed E-state index contributed by atoms with van der Waals surface area (Å²) in [6.45, 7) is 3.72. The lowest BCUT2D eigenvalue weighted by molar-refractivity contribution is -0.138. The van der Waals surface area contributed by atoms with Crippen LogP contribution in [-0.2, 0) is 14.8 Å². The number of halogens is 1. The second kappa shape index (κ2) is 8.92. The van der Waals surface area contributed by atoms with Gasteiger partial charge in [-0.3, -0.25) is 4.79 Å². The maximum atomic E-state index is 12.0. The molecule has 0 aliphatic rings. The quantitative estimate of drug-likeness (QED) is 0.609. The molecule has 0 unspecified atom stereocenters. The van der Waals surface area contributed by atoms with E-state index in [2.05, 4.69) is 4.72 Å². The first-order valence-corrected chi connectivity index (χ1v) is 10.1. The lowest BCUT2D eigenvalue weighted by atomic mass is 10.2. The Morgan fingerprint density at radius 3 is 2.39 bits per heavy atom. The van der Waals surface area contributed by atoms with Crippen LogP contribution in [-0.4, -0.2) is 36.5 Å². The Hall–Kier alpha value is -0.760. The van der Waals surface area contributed by atoms with Gasteiger partial charge in [-0.05, 0) is 56.7 Å². The highest BCUT2D eigenvalue weighted by Crippen LogP contribution is 2.25. The summed E-state index contributed by atoms with van der Waals surface area (Å²) in [6, 6.07) is 6.01. The lowest BCUT2D eigenvalue weighted by Gasteiger charge is -2.18. The van der Waals surface area contributed by atoms with Crippen molar-refractivity contribution < 1.29 is 18.3 Å². The van der Waals surface area contributed by atoms with E-state index in [1.165, 1.54) is 36.0 Å². The Morgan fingerprint density at radius 1 is 1.22 bits per heavy atom. The molecular weight excluding hydrogens is 358 g/mol. The van der Waals surface area contributed by atoms with Crippen LogP contribution in [0, 0.1) is 0 Å². The van der Waals surface area contributed by atoms with Gasteiger partial charge in [-0.1, -0.05) is 18.0 Å². The first-order chi connectivity index (χ1) is 10.6. The number of carbonyl (C=O) groups is 1. The molecule has 0 saturated heterocycles. The first-order valence-electron chi connectivity index (χ1n) is 7.28. The topological polar surface area (TPSA) is 83.5 Å². The van der Waals surface area contributed by atoms with E-state index in [1.54, 1.807) is 13.8 Å². The number of sulfonamides is 1. The highest BCUT2D eigenvalue weighted by molar-refractivity contribution is 8.01. The average molecular weight is 380 g/mol. The Kier molecular flexibility index (Phi) is 7.86. The third-order valence-electron chi connectivity index (χ3n) is 3.22. The standard InChI is InChI=1S/C15H22ClNO4S2/c1-15(2,14(18)19)22-11-5-3-4-10-17-23(20,21)13-8-6-12(16)7-9-13/h6-9,17H,3-5,10-11H2,1-2H3,(H,18,19). The first kappa shape index (κ1) is 20.3. The van der Waals surface area contributed by atoms with Crippen molar-refractivity contribution in [2.75, 3.05) is 12.3 Å². The minimum absolute atomic E-state index is 0.195. The Balaban J connectivity index is 2.25. The Bertz CT molecular complexity index is 615. The predicted molar refractivity (Wildman–Crippen MR) is 94.7 cm³/mol. The van der Waals surface area contributed by atoms with E-state index in [0.29, 0.717) is 18.0 Å². The van der Waals surface area contributed by atoms with Crippen LogP contribution in [0.5, 0.6) is 0 Å². The van der Waals surface area contributed by atoms with Crippen molar-refractivity contribution in [2.24, 2.45) is 0 Å². The van der Waals surface area contributed by atoms with Gasteiger partial charge in [-0.2, -0.15) is 0 Å². The van der Waals surface area contributed by atoms with Gasteiger partial charge in [0, 0.05) is 11.6 Å². The van der Waals surface area contributed by atoms with Crippen molar-refractivity contribution in [1.82, 2.24) is 4.72 Å². The Labute approximate surface area is 146 Å². The minimum atomic E-state index is -3.50. The second-order valence-electron chi connectivity index (χ2n) is 5.58. The molecule has 0 amide bonds. The van der Waals surface area contributed by atoms with Gasteiger partial charge in [0.2, 0.25) is 10.0 Å². The van der Waals surface area contributed by atoms with Crippen LogP contribution in [0.1, 0.15) is 33.1 Å². The molecule has 0 heterocycles. The number of carboxylic acids is 1. The summed E-state index contributed by atoms with van der Waals surface area (Å²) >= 11 is 7.13. The van der Waals surface area contributed by atoms with Gasteiger partial charge in [-0.15, -0.1) is 11.8 Å². The molecule has 5 nitrogen and oxygen atoms in total. The summed E-state index contributed by atoms with van der Waals surface area (Å²) in [7, 11) is -3.50. The van der Waals surface area contributed by atoms with Crippen molar-refractivity contribution in [1.29, 1.82) is 0 Å². The lowest BCUT2D eigenvalue weighted by Crippen LogP contribution is -2.27. The molecule has 2 N–H and O–H groups in total. The van der Waals surface area contributed by atoms with Gasteiger partial charge in [0.15, 0.2) is 0 Å². The molecule has 0 radical (unpaired) electrons. The molecule has 0 saturated carbocycles. The zero-order chi connectivity index (χ0) is 17.5. The molecule has 23 heavy (non-hydrogen) atoms. The number of hydrogen-bond donors (Lipinski definition) is 2. The van der Waals surface area contributed by atoms with Gasteiger partial charge in [0.05, 0.1) is 4.90 Å². The van der Waals surface area contributed by atoms with E-state index in [-0.39, 0.29) is 4.90 Å². The van der Waals surface area contributed by atoms with E-state index < -0.39 is 20.7 Å². The maximum Gasteiger partial charge on any atom is 0.319 e. The molecule has 0 spiro atoms. The van der Waals surface area contributed by atoms with Gasteiger partial charge in [0.25, 0.3) is 0 Å². The van der Waals surface area contributed by atoms with Gasteiger partial charge in [-0.25, -0.2) is 13.1 Å². The van der Waals surface area contributed by atoms with Crippen molar-refractivity contribution in [3.63, 3.8) is 0 Å². The van der Waals surface area contributed by atoms with E-state index in [9.17, 15) is 13.2 Å². The number of carboxylic acid groups (broad SMARTS) is 1. The molecule has 1 rings (SSSR count). The molecule has 130 valence electrons. The maximum absolute atomic E-state index is 12.0. The van der Waals surface area contributed by atoms with Crippen LogP contribution in [0.4, 0.5) is 0 Å². The van der Waals surface area contributed by atoms with Crippen molar-refractivity contribution in [3.8, 4) is 0 Å². The normalized spacial score (nSPS) is 12.3. The predicted octanol–water partition coefficient (Wildman–Crippen LogP) is 3.39. The highest BCUT2D eigenvalue weighted by atomic mass is 35.5. The monoisotopic (exact) mass is 379 g/mol. The molecule has 0 aliphatic carbocycles. The van der Waals surface area contributed by atoms with E-state index >= 15 is 0 Å². The van der Waals surface area contributed by atoms with Crippen LogP contribution >= 0.6 is 23.4 Å². The summed E-state index contributed by atoms with van der Waals surface area (Å²) in [5, 5.41) is 9.48. The van der Waals surface area contributed by atoms with Gasteiger partial charge >= 0.3 is 5.97 Å². The average Bonchev–Trinajstić information content (AvgIpc) is 2.46. The van der Waals surface area contributed by atoms with E-state index in [1.807, 2.05) is 0 Å². The van der Waals surface area contributed by atoms with Gasteiger partial charge in [0.1, 0.15) is 4.75 Å². The van der Waals surface area contributed by atoms with E-state index in [4.69, 9.17) is 16.7 Å². The zero-order valence-corrected chi connectivity index (χ0v) is 15.6. The van der Waals surface area contributed by atoms with Crippen LogP contribution in [0.25, 0.3) is 0 Å². The molecular formula is C15H22ClNO4S2. The molecule has 1 aromatic rings. The third kappa shape index (κ3) is 7.12. The number of aliphatic carboxylic acids is 1. The van der Waals surface area contributed by atoms with Crippen LogP contribution in [0.2, 0.25) is 5.02 Å². The number of nitrogens with one attached hydrogen (secondary N) is 1. The Morgan fingerprint density at radius 2 is 1.83 bits per heavy atom. The third-order valence-corrected chi connectivity index (χ3v) is 6.33. The zero-order valence-electron chi connectivity index (χ0n) is 13.2. The molecule has 1 aromatic carbocycles. The largest absolute Gasteiger partial charge is 0.480 e. The number of benzene rings is 1. The van der Waals surface area contributed by atoms with Crippen LogP contribution in [0.3, 0.4) is 0 Å². The van der Waals surface area contributed by atoms with Crippen LogP contribution < -0.4 is 4.72 Å². The number of hydrogen-bond acceptors (Lipinski definition) is 4. The molecule has 0 atom stereocenters. The summed E-state index contributed by atoms with van der Waals surface area (Å²) < 4.78 is 25.8. The van der Waals surface area contributed by atoms with Crippen molar-refractivity contribution in [3.05, 3.63) is 29.3 Å². The van der Waals surface area contributed by atoms with Crippen molar-refractivity contribution >= 4 is 39.4 Å². The summed E-state index contributed by atoms with van der Waals surface area (Å²) in [4.78, 5) is 11.1. The molecule has 0 aliphatic heterocycles.